The number of benzene rings is 1. The molecular weight excluding hydrogens is 241 g/mol. The Morgan fingerprint density at radius 3 is 2.22 bits per heavy atom. The van der Waals surface area contributed by atoms with Crippen LogP contribution in [0.1, 0.15) is 25.0 Å². The maximum absolute atomic E-state index is 13.0. The third-order valence-corrected chi connectivity index (χ3v) is 2.90. The fourth-order valence-corrected chi connectivity index (χ4v) is 1.97. The summed E-state index contributed by atoms with van der Waals surface area (Å²) in [6.07, 6.45) is -3.87. The number of hydrogen-bond acceptors (Lipinski definition) is 2. The maximum Gasteiger partial charge on any atom is 0.418 e. The molecule has 0 amide bonds. The van der Waals surface area contributed by atoms with E-state index in [-0.39, 0.29) is 5.69 Å². The minimum absolute atomic E-state index is 0.244. The van der Waals surface area contributed by atoms with E-state index < -0.39 is 11.7 Å². The molecule has 5 heteroatoms. The molecule has 0 aliphatic rings. The molecule has 2 nitrogen and oxygen atoms in total. The van der Waals surface area contributed by atoms with Gasteiger partial charge in [-0.25, -0.2) is 0 Å². The topological polar surface area (TPSA) is 29.3 Å². The van der Waals surface area contributed by atoms with Gasteiger partial charge in [-0.2, -0.15) is 13.2 Å². The molecule has 102 valence electrons. The minimum atomic E-state index is -4.33. The van der Waals surface area contributed by atoms with Crippen LogP contribution in [0.25, 0.3) is 0 Å². The van der Waals surface area contributed by atoms with Crippen LogP contribution in [0.4, 0.5) is 18.9 Å². The summed E-state index contributed by atoms with van der Waals surface area (Å²) in [6.45, 7) is 5.14. The number of nitrogens with zero attached hydrogens (tertiary/aromatic N) is 1. The Kier molecular flexibility index (Phi) is 5.02. The van der Waals surface area contributed by atoms with E-state index >= 15 is 0 Å². The van der Waals surface area contributed by atoms with Crippen molar-refractivity contribution >= 4 is 5.69 Å². The van der Waals surface area contributed by atoms with Crippen LogP contribution in [-0.4, -0.2) is 19.6 Å². The summed E-state index contributed by atoms with van der Waals surface area (Å²) in [7, 11) is 0. The number of rotatable bonds is 5. The van der Waals surface area contributed by atoms with Crippen molar-refractivity contribution in [3.63, 3.8) is 0 Å². The largest absolute Gasteiger partial charge is 0.418 e. The van der Waals surface area contributed by atoms with Crippen LogP contribution in [0.15, 0.2) is 18.2 Å². The van der Waals surface area contributed by atoms with Gasteiger partial charge in [-0.1, -0.05) is 6.07 Å². The fraction of sp³-hybridized carbons (Fsp3) is 0.538. The van der Waals surface area contributed by atoms with Crippen LogP contribution in [-0.2, 0) is 12.6 Å². The molecule has 0 saturated carbocycles. The molecule has 1 aromatic carbocycles. The number of halogens is 3. The molecule has 2 N–H and O–H groups in total. The Bertz CT molecular complexity index is 384. The first kappa shape index (κ1) is 14.8. The van der Waals surface area contributed by atoms with Crippen molar-refractivity contribution in [3.05, 3.63) is 29.3 Å². The molecule has 0 radical (unpaired) electrons. The SMILES string of the molecule is CCN(CC)c1ccc(CCN)cc1C(F)(F)F. The highest BCUT2D eigenvalue weighted by Gasteiger charge is 2.34. The highest BCUT2D eigenvalue weighted by molar-refractivity contribution is 5.56. The van der Waals surface area contributed by atoms with Crippen molar-refractivity contribution in [2.24, 2.45) is 5.73 Å². The summed E-state index contributed by atoms with van der Waals surface area (Å²) in [5.74, 6) is 0. The molecule has 0 saturated heterocycles. The maximum atomic E-state index is 13.0. The monoisotopic (exact) mass is 260 g/mol. The van der Waals surface area contributed by atoms with Crippen molar-refractivity contribution in [1.82, 2.24) is 0 Å². The van der Waals surface area contributed by atoms with Crippen molar-refractivity contribution in [1.29, 1.82) is 0 Å². The molecule has 18 heavy (non-hydrogen) atoms. The molecule has 0 unspecified atom stereocenters. The molecule has 0 atom stereocenters. The van der Waals surface area contributed by atoms with Crippen LogP contribution >= 0.6 is 0 Å². The minimum Gasteiger partial charge on any atom is -0.372 e. The summed E-state index contributed by atoms with van der Waals surface area (Å²) < 4.78 is 39.1. The van der Waals surface area contributed by atoms with Gasteiger partial charge < -0.3 is 10.6 Å². The van der Waals surface area contributed by atoms with E-state index in [2.05, 4.69) is 0 Å². The van der Waals surface area contributed by atoms with E-state index in [1.54, 1.807) is 17.0 Å². The van der Waals surface area contributed by atoms with Crippen LogP contribution in [0.2, 0.25) is 0 Å². The molecule has 0 bridgehead atoms. The highest BCUT2D eigenvalue weighted by Crippen LogP contribution is 2.37. The fourth-order valence-electron chi connectivity index (χ4n) is 1.97. The van der Waals surface area contributed by atoms with Gasteiger partial charge in [0.05, 0.1) is 5.56 Å². The van der Waals surface area contributed by atoms with E-state index in [9.17, 15) is 13.2 Å². The van der Waals surface area contributed by atoms with E-state index in [1.807, 2.05) is 13.8 Å². The molecular formula is C13H19F3N2. The summed E-state index contributed by atoms with van der Waals surface area (Å²) in [5.41, 5.74) is 5.68. The second kappa shape index (κ2) is 6.09. The van der Waals surface area contributed by atoms with Gasteiger partial charge >= 0.3 is 6.18 Å². The first-order valence-corrected chi connectivity index (χ1v) is 6.09. The molecule has 1 aromatic rings. The van der Waals surface area contributed by atoms with Gasteiger partial charge in [0.25, 0.3) is 0 Å². The van der Waals surface area contributed by atoms with Gasteiger partial charge in [0.15, 0.2) is 0 Å². The normalized spacial score (nSPS) is 11.7. The lowest BCUT2D eigenvalue weighted by Gasteiger charge is -2.25. The molecule has 0 aromatic heterocycles. The van der Waals surface area contributed by atoms with Crippen molar-refractivity contribution in [3.8, 4) is 0 Å². The average molecular weight is 260 g/mol. The molecule has 0 aliphatic carbocycles. The van der Waals surface area contributed by atoms with Gasteiger partial charge in [-0.05, 0) is 44.5 Å². The van der Waals surface area contributed by atoms with Crippen LogP contribution in [0.5, 0.6) is 0 Å². The summed E-state index contributed by atoms with van der Waals surface area (Å²) >= 11 is 0. The zero-order chi connectivity index (χ0) is 13.8. The Balaban J connectivity index is 3.25. The number of nitrogens with two attached hydrogens (primary N) is 1. The Hall–Kier alpha value is -1.23. The zero-order valence-electron chi connectivity index (χ0n) is 10.7. The standard InChI is InChI=1S/C13H19F3N2/c1-3-18(4-2)12-6-5-10(7-8-17)9-11(12)13(14,15)16/h5-6,9H,3-4,7-8,17H2,1-2H3. The van der Waals surface area contributed by atoms with Crippen LogP contribution < -0.4 is 10.6 Å². The smallest absolute Gasteiger partial charge is 0.372 e. The lowest BCUT2D eigenvalue weighted by Crippen LogP contribution is -2.25. The predicted molar refractivity (Wildman–Crippen MR) is 67.8 cm³/mol. The average Bonchev–Trinajstić information content (AvgIpc) is 2.31. The molecule has 0 fully saturated rings. The lowest BCUT2D eigenvalue weighted by molar-refractivity contribution is -0.137. The second-order valence-corrected chi connectivity index (χ2v) is 4.06. The molecule has 0 spiro atoms. The van der Waals surface area contributed by atoms with Crippen LogP contribution in [0, 0.1) is 0 Å². The summed E-state index contributed by atoms with van der Waals surface area (Å²) in [5, 5.41) is 0. The van der Waals surface area contributed by atoms with Crippen molar-refractivity contribution in [2.75, 3.05) is 24.5 Å². The van der Waals surface area contributed by atoms with Gasteiger partial charge in [-0.15, -0.1) is 0 Å². The van der Waals surface area contributed by atoms with Gasteiger partial charge in [-0.3, -0.25) is 0 Å². The molecule has 0 heterocycles. The van der Waals surface area contributed by atoms with E-state index in [0.717, 1.165) is 0 Å². The highest BCUT2D eigenvalue weighted by atomic mass is 19.4. The number of alkyl halides is 3. The summed E-state index contributed by atoms with van der Waals surface area (Å²) in [6, 6.07) is 4.47. The second-order valence-electron chi connectivity index (χ2n) is 4.06. The van der Waals surface area contributed by atoms with E-state index in [4.69, 9.17) is 5.73 Å². The zero-order valence-corrected chi connectivity index (χ0v) is 10.7. The summed E-state index contributed by atoms with van der Waals surface area (Å²) in [4.78, 5) is 1.70. The first-order chi connectivity index (χ1) is 8.43. The van der Waals surface area contributed by atoms with Gasteiger partial charge in [0.1, 0.15) is 0 Å². The Morgan fingerprint density at radius 1 is 1.17 bits per heavy atom. The Morgan fingerprint density at radius 2 is 1.78 bits per heavy atom. The molecule has 1 rings (SSSR count). The van der Waals surface area contributed by atoms with E-state index in [1.165, 1.54) is 6.07 Å². The lowest BCUT2D eigenvalue weighted by atomic mass is 10.0. The molecule has 0 aliphatic heterocycles. The van der Waals surface area contributed by atoms with E-state index in [0.29, 0.717) is 31.6 Å². The third kappa shape index (κ3) is 3.38. The van der Waals surface area contributed by atoms with Crippen molar-refractivity contribution in [2.45, 2.75) is 26.4 Å². The number of hydrogen-bond donors (Lipinski definition) is 1. The number of anilines is 1. The van der Waals surface area contributed by atoms with Gasteiger partial charge in [0.2, 0.25) is 0 Å². The van der Waals surface area contributed by atoms with Crippen LogP contribution in [0.3, 0.4) is 0 Å². The Labute approximate surface area is 106 Å². The van der Waals surface area contributed by atoms with Gasteiger partial charge in [0, 0.05) is 18.8 Å². The van der Waals surface area contributed by atoms with Crippen molar-refractivity contribution < 1.29 is 13.2 Å². The third-order valence-electron chi connectivity index (χ3n) is 2.90. The quantitative estimate of drug-likeness (QED) is 0.881. The first-order valence-electron chi connectivity index (χ1n) is 6.09. The predicted octanol–water partition coefficient (Wildman–Crippen LogP) is 3.05.